The molecule has 1 aliphatic carbocycles. The molecule has 1 aromatic carbocycles. The summed E-state index contributed by atoms with van der Waals surface area (Å²) in [6, 6.07) is 7.36. The third-order valence-corrected chi connectivity index (χ3v) is 5.26. The molecule has 1 aromatic heterocycles. The maximum atomic E-state index is 13.3. The topological polar surface area (TPSA) is 34.0 Å². The summed E-state index contributed by atoms with van der Waals surface area (Å²) in [4.78, 5) is 12.5. The van der Waals surface area contributed by atoms with E-state index in [1.165, 1.54) is 35.0 Å². The van der Waals surface area contributed by atoms with Crippen molar-refractivity contribution in [2.24, 2.45) is 0 Å². The lowest BCUT2D eigenvalue weighted by molar-refractivity contribution is -0.0896. The van der Waals surface area contributed by atoms with Crippen molar-refractivity contribution in [1.82, 2.24) is 4.57 Å². The van der Waals surface area contributed by atoms with E-state index < -0.39 is 29.0 Å². The molecule has 1 aliphatic rings. The molecule has 0 saturated heterocycles. The minimum Gasteiger partial charge on any atom is -0.380 e. The van der Waals surface area contributed by atoms with Crippen molar-refractivity contribution < 1.29 is 22.0 Å². The maximum absolute atomic E-state index is 13.3. The zero-order valence-electron chi connectivity index (χ0n) is 15.0. The van der Waals surface area contributed by atoms with Gasteiger partial charge in [0, 0.05) is 19.2 Å². The SMILES string of the molecule is O=c1c(Br)c(NCC2=C(C(F)(F)F)C=C(F)CC2)ccn1Cc1cccc(F)c1. The number of aromatic nitrogens is 1. The van der Waals surface area contributed by atoms with Crippen molar-refractivity contribution in [3.05, 3.63) is 85.8 Å². The van der Waals surface area contributed by atoms with E-state index in [0.717, 1.165) is 0 Å². The Morgan fingerprint density at radius 3 is 2.59 bits per heavy atom. The fourth-order valence-corrected chi connectivity index (χ4v) is 3.54. The highest BCUT2D eigenvalue weighted by Crippen LogP contribution is 2.36. The minimum absolute atomic E-state index is 0.0229. The van der Waals surface area contributed by atoms with Gasteiger partial charge in [0.2, 0.25) is 0 Å². The van der Waals surface area contributed by atoms with Gasteiger partial charge >= 0.3 is 6.18 Å². The Morgan fingerprint density at radius 2 is 1.90 bits per heavy atom. The summed E-state index contributed by atoms with van der Waals surface area (Å²) in [6.45, 7) is -0.0342. The number of alkyl halides is 3. The van der Waals surface area contributed by atoms with Crippen molar-refractivity contribution >= 4 is 21.6 Å². The number of rotatable bonds is 5. The Balaban J connectivity index is 1.80. The van der Waals surface area contributed by atoms with E-state index in [-0.39, 0.29) is 36.0 Å². The van der Waals surface area contributed by atoms with Crippen LogP contribution in [0.4, 0.5) is 27.6 Å². The van der Waals surface area contributed by atoms with Crippen LogP contribution in [0.15, 0.2) is 68.8 Å². The average Bonchev–Trinajstić information content (AvgIpc) is 2.65. The summed E-state index contributed by atoms with van der Waals surface area (Å²) in [5, 5.41) is 2.81. The first-order valence-corrected chi connectivity index (χ1v) is 9.47. The number of nitrogens with zero attached hydrogens (tertiary/aromatic N) is 1. The molecule has 0 unspecified atom stereocenters. The smallest absolute Gasteiger partial charge is 0.380 e. The molecule has 1 heterocycles. The van der Waals surface area contributed by atoms with E-state index in [1.807, 2.05) is 0 Å². The highest BCUT2D eigenvalue weighted by Gasteiger charge is 2.36. The van der Waals surface area contributed by atoms with Gasteiger partial charge in [0.05, 0.1) is 17.8 Å². The molecule has 3 rings (SSSR count). The molecular weight excluding hydrogens is 459 g/mol. The van der Waals surface area contributed by atoms with Gasteiger partial charge in [-0.3, -0.25) is 4.79 Å². The number of hydrogen-bond acceptors (Lipinski definition) is 2. The first kappa shape index (κ1) is 21.3. The highest BCUT2D eigenvalue weighted by atomic mass is 79.9. The molecule has 29 heavy (non-hydrogen) atoms. The van der Waals surface area contributed by atoms with Gasteiger partial charge in [0.15, 0.2) is 0 Å². The van der Waals surface area contributed by atoms with Gasteiger partial charge in [-0.15, -0.1) is 0 Å². The predicted octanol–water partition coefficient (Wildman–Crippen LogP) is 5.72. The molecule has 3 nitrogen and oxygen atoms in total. The number of halogens is 6. The van der Waals surface area contributed by atoms with Crippen molar-refractivity contribution in [3.8, 4) is 0 Å². The lowest BCUT2D eigenvalue weighted by atomic mass is 9.96. The van der Waals surface area contributed by atoms with Crippen molar-refractivity contribution in [3.63, 3.8) is 0 Å². The Kier molecular flexibility index (Phi) is 6.26. The zero-order valence-corrected chi connectivity index (χ0v) is 16.6. The number of benzene rings is 1. The molecule has 2 aromatic rings. The monoisotopic (exact) mass is 474 g/mol. The van der Waals surface area contributed by atoms with Crippen LogP contribution in [0.25, 0.3) is 0 Å². The molecule has 0 radical (unpaired) electrons. The summed E-state index contributed by atoms with van der Waals surface area (Å²) < 4.78 is 67.5. The molecule has 0 bridgehead atoms. The Morgan fingerprint density at radius 1 is 1.14 bits per heavy atom. The minimum atomic E-state index is -4.65. The second-order valence-electron chi connectivity index (χ2n) is 6.57. The molecule has 154 valence electrons. The molecule has 0 fully saturated rings. The fourth-order valence-electron chi connectivity index (χ4n) is 3.04. The molecule has 9 heteroatoms. The van der Waals surface area contributed by atoms with Crippen LogP contribution < -0.4 is 10.9 Å². The van der Waals surface area contributed by atoms with E-state index in [1.54, 1.807) is 6.07 Å². The summed E-state index contributed by atoms with van der Waals surface area (Å²) in [6.07, 6.45) is -2.81. The first-order chi connectivity index (χ1) is 13.6. The van der Waals surface area contributed by atoms with Crippen LogP contribution in [0, 0.1) is 5.82 Å². The van der Waals surface area contributed by atoms with Gasteiger partial charge in [-0.05, 0) is 57.8 Å². The largest absolute Gasteiger partial charge is 0.416 e. The van der Waals surface area contributed by atoms with Gasteiger partial charge in [-0.2, -0.15) is 13.2 Å². The van der Waals surface area contributed by atoms with Crippen LogP contribution in [-0.4, -0.2) is 17.3 Å². The summed E-state index contributed by atoms with van der Waals surface area (Å²) >= 11 is 3.17. The molecule has 0 atom stereocenters. The number of allylic oxidation sites excluding steroid dienone is 3. The lowest BCUT2D eigenvalue weighted by Gasteiger charge is -2.20. The zero-order chi connectivity index (χ0) is 21.2. The Bertz CT molecular complexity index is 1040. The van der Waals surface area contributed by atoms with E-state index in [2.05, 4.69) is 21.2 Å². The molecule has 0 saturated carbocycles. The van der Waals surface area contributed by atoms with Gasteiger partial charge in [0.25, 0.3) is 5.56 Å². The van der Waals surface area contributed by atoms with Crippen LogP contribution in [-0.2, 0) is 6.54 Å². The van der Waals surface area contributed by atoms with Crippen molar-refractivity contribution in [2.45, 2.75) is 25.6 Å². The number of pyridine rings is 1. The highest BCUT2D eigenvalue weighted by molar-refractivity contribution is 9.10. The molecular formula is C20H16BrF5N2O. The van der Waals surface area contributed by atoms with Gasteiger partial charge in [-0.25, -0.2) is 8.78 Å². The second-order valence-corrected chi connectivity index (χ2v) is 7.36. The van der Waals surface area contributed by atoms with E-state index in [0.29, 0.717) is 17.3 Å². The van der Waals surface area contributed by atoms with E-state index >= 15 is 0 Å². The predicted molar refractivity (Wildman–Crippen MR) is 104 cm³/mol. The lowest BCUT2D eigenvalue weighted by Crippen LogP contribution is -2.23. The molecule has 0 amide bonds. The van der Waals surface area contributed by atoms with Gasteiger partial charge < -0.3 is 9.88 Å². The van der Waals surface area contributed by atoms with Gasteiger partial charge in [0.1, 0.15) is 16.1 Å². The van der Waals surface area contributed by atoms with Crippen LogP contribution in [0.3, 0.4) is 0 Å². The number of hydrogen-bond donors (Lipinski definition) is 1. The second kappa shape index (κ2) is 8.52. The summed E-state index contributed by atoms with van der Waals surface area (Å²) in [5.41, 5.74) is -0.483. The standard InChI is InChI=1S/C20H16BrF5N2O/c21-18-17(27-10-13-4-5-15(23)9-16(13)20(24,25)26)6-7-28(19(18)29)11-12-2-1-3-14(22)8-12/h1-3,6-9,27H,4-5,10-11H2. The average molecular weight is 475 g/mol. The molecule has 1 N–H and O–H groups in total. The Hall–Kier alpha value is -2.42. The quantitative estimate of drug-likeness (QED) is 0.562. The van der Waals surface area contributed by atoms with E-state index in [4.69, 9.17) is 0 Å². The first-order valence-electron chi connectivity index (χ1n) is 8.67. The van der Waals surface area contributed by atoms with E-state index in [9.17, 15) is 26.7 Å². The number of anilines is 1. The molecule has 0 aliphatic heterocycles. The third-order valence-electron chi connectivity index (χ3n) is 4.49. The van der Waals surface area contributed by atoms with Crippen LogP contribution in [0.2, 0.25) is 0 Å². The maximum Gasteiger partial charge on any atom is 0.416 e. The fraction of sp³-hybridized carbons (Fsp3) is 0.250. The van der Waals surface area contributed by atoms with Crippen LogP contribution >= 0.6 is 15.9 Å². The number of nitrogens with one attached hydrogen (secondary N) is 1. The van der Waals surface area contributed by atoms with Crippen LogP contribution in [0.5, 0.6) is 0 Å². The normalized spacial score (nSPS) is 14.8. The third kappa shape index (κ3) is 5.14. The summed E-state index contributed by atoms with van der Waals surface area (Å²) in [5.74, 6) is -1.22. The van der Waals surface area contributed by atoms with Gasteiger partial charge in [-0.1, -0.05) is 12.1 Å². The van der Waals surface area contributed by atoms with Crippen LogP contribution in [0.1, 0.15) is 18.4 Å². The molecule has 0 spiro atoms. The van der Waals surface area contributed by atoms with Crippen molar-refractivity contribution in [2.75, 3.05) is 11.9 Å². The Labute approximate surface area is 171 Å². The van der Waals surface area contributed by atoms with Crippen molar-refractivity contribution in [1.29, 1.82) is 0 Å². The summed E-state index contributed by atoms with van der Waals surface area (Å²) in [7, 11) is 0.